The van der Waals surface area contributed by atoms with Crippen molar-refractivity contribution in [2.45, 2.75) is 6.54 Å². The number of fused-ring (bicyclic) bond motifs is 1. The molecule has 0 fully saturated rings. The van der Waals surface area contributed by atoms with Crippen LogP contribution in [0.4, 0.5) is 11.4 Å². The molecule has 1 aliphatic rings. The lowest BCUT2D eigenvalue weighted by Gasteiger charge is -2.36. The Balaban J connectivity index is 1.89. The van der Waals surface area contributed by atoms with Gasteiger partial charge in [-0.3, -0.25) is 4.98 Å². The SMILES string of the molecule is CN1CCN(Cc2cc(Cl)ccn2)c2ccccc21. The highest BCUT2D eigenvalue weighted by atomic mass is 35.5. The number of benzene rings is 1. The largest absolute Gasteiger partial charge is 0.371 e. The number of anilines is 2. The van der Waals surface area contributed by atoms with Crippen molar-refractivity contribution in [1.82, 2.24) is 4.98 Å². The molecule has 3 nitrogen and oxygen atoms in total. The minimum atomic E-state index is 0.743. The van der Waals surface area contributed by atoms with E-state index in [1.807, 2.05) is 12.1 Å². The fourth-order valence-electron chi connectivity index (χ4n) is 2.46. The lowest BCUT2D eigenvalue weighted by atomic mass is 10.1. The average molecular weight is 274 g/mol. The highest BCUT2D eigenvalue weighted by molar-refractivity contribution is 6.30. The van der Waals surface area contributed by atoms with Crippen LogP contribution in [-0.4, -0.2) is 25.1 Å². The number of hydrogen-bond donors (Lipinski definition) is 0. The van der Waals surface area contributed by atoms with Gasteiger partial charge in [-0.05, 0) is 24.3 Å². The van der Waals surface area contributed by atoms with E-state index in [1.165, 1.54) is 11.4 Å². The zero-order valence-corrected chi connectivity index (χ0v) is 11.6. The number of hydrogen-bond acceptors (Lipinski definition) is 3. The van der Waals surface area contributed by atoms with Crippen molar-refractivity contribution in [3.05, 3.63) is 53.3 Å². The van der Waals surface area contributed by atoms with Crippen LogP contribution in [-0.2, 0) is 6.54 Å². The second-order valence-electron chi connectivity index (χ2n) is 4.80. The maximum absolute atomic E-state index is 6.02. The van der Waals surface area contributed by atoms with Crippen molar-refractivity contribution in [2.24, 2.45) is 0 Å². The molecule has 0 aliphatic carbocycles. The fraction of sp³-hybridized carbons (Fsp3) is 0.267. The van der Waals surface area contributed by atoms with Crippen LogP contribution in [0.5, 0.6) is 0 Å². The first kappa shape index (κ1) is 12.3. The van der Waals surface area contributed by atoms with Gasteiger partial charge >= 0.3 is 0 Å². The Bertz CT molecular complexity index is 585. The molecular weight excluding hydrogens is 258 g/mol. The molecule has 0 amide bonds. The van der Waals surface area contributed by atoms with Crippen molar-refractivity contribution in [3.8, 4) is 0 Å². The second-order valence-corrected chi connectivity index (χ2v) is 5.23. The number of para-hydroxylation sites is 2. The van der Waals surface area contributed by atoms with E-state index in [0.717, 1.165) is 30.4 Å². The Labute approximate surface area is 118 Å². The normalized spacial score (nSPS) is 14.4. The van der Waals surface area contributed by atoms with E-state index in [0.29, 0.717) is 0 Å². The van der Waals surface area contributed by atoms with Gasteiger partial charge in [0.05, 0.1) is 23.6 Å². The van der Waals surface area contributed by atoms with Gasteiger partial charge in [-0.25, -0.2) is 0 Å². The molecule has 2 heterocycles. The van der Waals surface area contributed by atoms with Crippen LogP contribution in [0.25, 0.3) is 0 Å². The molecule has 0 saturated carbocycles. The highest BCUT2D eigenvalue weighted by Crippen LogP contribution is 2.32. The average Bonchev–Trinajstić information content (AvgIpc) is 2.42. The summed E-state index contributed by atoms with van der Waals surface area (Å²) in [4.78, 5) is 9.03. The van der Waals surface area contributed by atoms with Crippen LogP contribution in [0.15, 0.2) is 42.6 Å². The number of pyridine rings is 1. The summed E-state index contributed by atoms with van der Waals surface area (Å²) in [5, 5.41) is 0.743. The van der Waals surface area contributed by atoms with Crippen molar-refractivity contribution < 1.29 is 0 Å². The molecule has 19 heavy (non-hydrogen) atoms. The van der Waals surface area contributed by atoms with Crippen LogP contribution in [0.3, 0.4) is 0 Å². The topological polar surface area (TPSA) is 19.4 Å². The Morgan fingerprint density at radius 1 is 1.16 bits per heavy atom. The Morgan fingerprint density at radius 2 is 1.95 bits per heavy atom. The van der Waals surface area contributed by atoms with Gasteiger partial charge in [0.25, 0.3) is 0 Å². The van der Waals surface area contributed by atoms with Gasteiger partial charge in [0.15, 0.2) is 0 Å². The maximum Gasteiger partial charge on any atom is 0.0611 e. The fourth-order valence-corrected chi connectivity index (χ4v) is 2.64. The van der Waals surface area contributed by atoms with E-state index < -0.39 is 0 Å². The highest BCUT2D eigenvalue weighted by Gasteiger charge is 2.19. The summed E-state index contributed by atoms with van der Waals surface area (Å²) >= 11 is 6.02. The van der Waals surface area contributed by atoms with Crippen LogP contribution < -0.4 is 9.80 Å². The molecule has 3 rings (SSSR count). The van der Waals surface area contributed by atoms with Crippen molar-refractivity contribution in [1.29, 1.82) is 0 Å². The summed E-state index contributed by atoms with van der Waals surface area (Å²) in [6.07, 6.45) is 1.76. The predicted octanol–water partition coefficient (Wildman–Crippen LogP) is 3.19. The first-order valence-electron chi connectivity index (χ1n) is 6.39. The lowest BCUT2D eigenvalue weighted by Crippen LogP contribution is -2.38. The Kier molecular flexibility index (Phi) is 3.30. The van der Waals surface area contributed by atoms with Gasteiger partial charge in [-0.1, -0.05) is 23.7 Å². The summed E-state index contributed by atoms with van der Waals surface area (Å²) in [7, 11) is 2.13. The van der Waals surface area contributed by atoms with Crippen molar-refractivity contribution >= 4 is 23.0 Å². The molecule has 0 radical (unpaired) electrons. The standard InChI is InChI=1S/C15H16ClN3/c1-18-8-9-19(15-5-3-2-4-14(15)18)11-13-10-12(16)6-7-17-13/h2-7,10H,8-9,11H2,1H3. The molecule has 2 aromatic rings. The van der Waals surface area contributed by atoms with E-state index in [9.17, 15) is 0 Å². The van der Waals surface area contributed by atoms with Gasteiger partial charge in [0.2, 0.25) is 0 Å². The third kappa shape index (κ3) is 2.51. The third-order valence-corrected chi connectivity index (χ3v) is 3.71. The molecule has 98 valence electrons. The zero-order valence-electron chi connectivity index (χ0n) is 10.9. The minimum Gasteiger partial charge on any atom is -0.371 e. The van der Waals surface area contributed by atoms with Gasteiger partial charge in [0.1, 0.15) is 0 Å². The molecule has 1 aromatic carbocycles. The zero-order chi connectivity index (χ0) is 13.2. The maximum atomic E-state index is 6.02. The summed E-state index contributed by atoms with van der Waals surface area (Å²) < 4.78 is 0. The number of halogens is 1. The number of aromatic nitrogens is 1. The number of rotatable bonds is 2. The van der Waals surface area contributed by atoms with Crippen LogP contribution in [0, 0.1) is 0 Å². The van der Waals surface area contributed by atoms with Gasteiger partial charge < -0.3 is 9.80 Å². The first-order valence-corrected chi connectivity index (χ1v) is 6.77. The third-order valence-electron chi connectivity index (χ3n) is 3.47. The van der Waals surface area contributed by atoms with Gasteiger partial charge in [-0.15, -0.1) is 0 Å². The summed E-state index contributed by atoms with van der Waals surface area (Å²) in [5.74, 6) is 0. The van der Waals surface area contributed by atoms with Crippen LogP contribution in [0.1, 0.15) is 5.69 Å². The predicted molar refractivity (Wildman–Crippen MR) is 80.0 cm³/mol. The number of nitrogens with zero attached hydrogens (tertiary/aromatic N) is 3. The molecule has 0 unspecified atom stereocenters. The summed E-state index contributed by atoms with van der Waals surface area (Å²) in [6, 6.07) is 12.2. The molecule has 4 heteroatoms. The van der Waals surface area contributed by atoms with E-state index in [4.69, 9.17) is 11.6 Å². The van der Waals surface area contributed by atoms with Crippen molar-refractivity contribution in [2.75, 3.05) is 29.9 Å². The molecule has 0 N–H and O–H groups in total. The molecule has 0 atom stereocenters. The molecule has 1 aliphatic heterocycles. The Morgan fingerprint density at radius 3 is 2.74 bits per heavy atom. The van der Waals surface area contributed by atoms with E-state index in [-0.39, 0.29) is 0 Å². The van der Waals surface area contributed by atoms with Crippen LogP contribution in [0.2, 0.25) is 5.02 Å². The van der Waals surface area contributed by atoms with E-state index >= 15 is 0 Å². The second kappa shape index (κ2) is 5.10. The summed E-state index contributed by atoms with van der Waals surface area (Å²) in [5.41, 5.74) is 3.54. The monoisotopic (exact) mass is 273 g/mol. The van der Waals surface area contributed by atoms with Gasteiger partial charge in [0, 0.05) is 31.4 Å². The smallest absolute Gasteiger partial charge is 0.0611 e. The lowest BCUT2D eigenvalue weighted by molar-refractivity contribution is 0.725. The molecular formula is C15H16ClN3. The molecule has 0 spiro atoms. The minimum absolute atomic E-state index is 0.743. The van der Waals surface area contributed by atoms with Crippen LogP contribution >= 0.6 is 11.6 Å². The van der Waals surface area contributed by atoms with Crippen molar-refractivity contribution in [3.63, 3.8) is 0 Å². The van der Waals surface area contributed by atoms with Gasteiger partial charge in [-0.2, -0.15) is 0 Å². The quantitative estimate of drug-likeness (QED) is 0.838. The number of likely N-dealkylation sites (N-methyl/N-ethyl adjacent to an activating group) is 1. The first-order chi connectivity index (χ1) is 9.24. The summed E-state index contributed by atoms with van der Waals surface area (Å²) in [6.45, 7) is 2.82. The molecule has 1 aromatic heterocycles. The van der Waals surface area contributed by atoms with E-state index in [1.54, 1.807) is 6.20 Å². The molecule has 0 saturated heterocycles. The molecule has 0 bridgehead atoms. The Hall–Kier alpha value is -1.74. The van der Waals surface area contributed by atoms with E-state index in [2.05, 4.69) is 46.1 Å².